The molecule has 2 fully saturated rings. The number of nitrogens with zero attached hydrogens (tertiary/aromatic N) is 1. The van der Waals surface area contributed by atoms with E-state index in [1.54, 1.807) is 0 Å². The maximum absolute atomic E-state index is 13.0. The molecule has 0 saturated carbocycles. The molecule has 0 aromatic carbocycles. The van der Waals surface area contributed by atoms with Crippen molar-refractivity contribution in [2.75, 3.05) is 6.54 Å². The molecule has 0 spiro atoms. The van der Waals surface area contributed by atoms with Crippen molar-refractivity contribution < 1.29 is 22.8 Å². The predicted octanol–water partition coefficient (Wildman–Crippen LogP) is 0.966. The minimum Gasteiger partial charge on any atom is -0.330 e. The Labute approximate surface area is 106 Å². The number of hydrogen-bond donors (Lipinski definition) is 1. The van der Waals surface area contributed by atoms with Gasteiger partial charge in [-0.15, -0.1) is 0 Å². The van der Waals surface area contributed by atoms with Gasteiger partial charge in [-0.25, -0.2) is 0 Å². The minimum atomic E-state index is -4.51. The van der Waals surface area contributed by atoms with E-state index in [0.29, 0.717) is 13.0 Å². The standard InChI is InChI=1S/C12H11F3N2O2/c13-12(14,15)6-2-1-3-7-9(6)11(19)17-5-4-8(17)10(18)16-7/h1-3,6,8-9H,4-5H2,(H,16,18)/t6?,8-,9?/m0/s1. The van der Waals surface area contributed by atoms with E-state index < -0.39 is 35.9 Å². The van der Waals surface area contributed by atoms with Crippen molar-refractivity contribution >= 4 is 11.8 Å². The van der Waals surface area contributed by atoms with Crippen molar-refractivity contribution in [3.63, 3.8) is 0 Å². The van der Waals surface area contributed by atoms with Gasteiger partial charge in [0, 0.05) is 12.2 Å². The quantitative estimate of drug-likeness (QED) is 0.714. The summed E-state index contributed by atoms with van der Waals surface area (Å²) in [5.41, 5.74) is 0.0502. The molecule has 2 amide bonds. The number of nitrogens with one attached hydrogen (secondary N) is 1. The SMILES string of the molecule is O=C1NC2=CC=CC(C(F)(F)F)C2C(=O)N2CC[C@@H]12. The van der Waals surface area contributed by atoms with Gasteiger partial charge in [-0.2, -0.15) is 13.2 Å². The van der Waals surface area contributed by atoms with Gasteiger partial charge in [-0.3, -0.25) is 9.59 Å². The Morgan fingerprint density at radius 1 is 1.32 bits per heavy atom. The van der Waals surface area contributed by atoms with Crippen molar-refractivity contribution in [3.8, 4) is 0 Å². The molecule has 0 aromatic heterocycles. The molecule has 3 rings (SSSR count). The van der Waals surface area contributed by atoms with Crippen LogP contribution in [0.2, 0.25) is 0 Å². The van der Waals surface area contributed by atoms with Crippen LogP contribution in [0.15, 0.2) is 23.9 Å². The summed E-state index contributed by atoms with van der Waals surface area (Å²) in [6, 6.07) is -0.618. The molecule has 0 aromatic rings. The molecule has 19 heavy (non-hydrogen) atoms. The Balaban J connectivity index is 2.01. The molecule has 102 valence electrons. The lowest BCUT2D eigenvalue weighted by Crippen LogP contribution is -2.57. The van der Waals surface area contributed by atoms with Crippen LogP contribution < -0.4 is 5.32 Å². The summed E-state index contributed by atoms with van der Waals surface area (Å²) >= 11 is 0. The lowest BCUT2D eigenvalue weighted by Gasteiger charge is -2.39. The van der Waals surface area contributed by atoms with Gasteiger partial charge in [0.1, 0.15) is 6.04 Å². The molecule has 2 unspecified atom stereocenters. The molecule has 2 heterocycles. The first kappa shape index (κ1) is 12.3. The van der Waals surface area contributed by atoms with Crippen molar-refractivity contribution in [1.29, 1.82) is 0 Å². The van der Waals surface area contributed by atoms with E-state index in [0.717, 1.165) is 6.08 Å². The van der Waals surface area contributed by atoms with E-state index in [9.17, 15) is 22.8 Å². The van der Waals surface area contributed by atoms with E-state index in [1.807, 2.05) is 0 Å². The number of rotatable bonds is 0. The number of amides is 2. The summed E-state index contributed by atoms with van der Waals surface area (Å²) in [7, 11) is 0. The molecule has 1 aliphatic carbocycles. The minimum absolute atomic E-state index is 0.0502. The molecule has 4 nitrogen and oxygen atoms in total. The summed E-state index contributed by atoms with van der Waals surface area (Å²) in [6.45, 7) is 0.342. The van der Waals surface area contributed by atoms with Crippen LogP contribution in [0.25, 0.3) is 0 Å². The van der Waals surface area contributed by atoms with Gasteiger partial charge in [0.15, 0.2) is 0 Å². The summed E-state index contributed by atoms with van der Waals surface area (Å²) < 4.78 is 39.0. The van der Waals surface area contributed by atoms with Gasteiger partial charge in [-0.1, -0.05) is 12.2 Å². The van der Waals surface area contributed by atoms with Crippen LogP contribution in [0.1, 0.15) is 6.42 Å². The second-order valence-corrected chi connectivity index (χ2v) is 4.88. The topological polar surface area (TPSA) is 49.4 Å². The highest BCUT2D eigenvalue weighted by atomic mass is 19.4. The van der Waals surface area contributed by atoms with Crippen LogP contribution in [0, 0.1) is 11.8 Å². The number of fused-ring (bicyclic) bond motifs is 2. The first-order chi connectivity index (χ1) is 8.89. The molecular weight excluding hydrogens is 261 g/mol. The third-order valence-corrected chi connectivity index (χ3v) is 3.81. The van der Waals surface area contributed by atoms with E-state index in [-0.39, 0.29) is 5.70 Å². The molecule has 1 N–H and O–H groups in total. The Morgan fingerprint density at radius 2 is 2.05 bits per heavy atom. The highest BCUT2D eigenvalue weighted by Crippen LogP contribution is 2.41. The summed E-state index contributed by atoms with van der Waals surface area (Å²) in [6.07, 6.45) is -0.430. The van der Waals surface area contributed by atoms with Crippen LogP contribution in [0.4, 0.5) is 13.2 Å². The average molecular weight is 272 g/mol. The maximum Gasteiger partial charge on any atom is 0.396 e. The molecule has 0 bridgehead atoms. The van der Waals surface area contributed by atoms with Gasteiger partial charge < -0.3 is 10.2 Å². The highest BCUT2D eigenvalue weighted by molar-refractivity contribution is 5.95. The van der Waals surface area contributed by atoms with E-state index in [1.165, 1.54) is 17.1 Å². The van der Waals surface area contributed by atoms with Crippen LogP contribution in [0.3, 0.4) is 0 Å². The Kier molecular flexibility index (Phi) is 2.48. The molecular formula is C12H11F3N2O2. The van der Waals surface area contributed by atoms with Crippen LogP contribution in [0.5, 0.6) is 0 Å². The maximum atomic E-state index is 13.0. The number of carbonyl (C=O) groups is 2. The van der Waals surface area contributed by atoms with Gasteiger partial charge in [-0.05, 0) is 12.5 Å². The second kappa shape index (κ2) is 3.85. The zero-order chi connectivity index (χ0) is 13.8. The number of alkyl halides is 3. The van der Waals surface area contributed by atoms with Crippen LogP contribution in [-0.4, -0.2) is 35.5 Å². The Bertz CT molecular complexity index is 510. The fourth-order valence-corrected chi connectivity index (χ4v) is 2.72. The van der Waals surface area contributed by atoms with E-state index in [4.69, 9.17) is 0 Å². The molecule has 2 aliphatic heterocycles. The first-order valence-electron chi connectivity index (χ1n) is 5.96. The van der Waals surface area contributed by atoms with Gasteiger partial charge in [0.05, 0.1) is 11.8 Å². The second-order valence-electron chi connectivity index (χ2n) is 4.88. The van der Waals surface area contributed by atoms with Crippen LogP contribution in [-0.2, 0) is 9.59 Å². The monoisotopic (exact) mass is 272 g/mol. The van der Waals surface area contributed by atoms with Gasteiger partial charge in [0.2, 0.25) is 11.8 Å². The summed E-state index contributed by atoms with van der Waals surface area (Å²) in [4.78, 5) is 25.2. The summed E-state index contributed by atoms with van der Waals surface area (Å²) in [5.74, 6) is -4.25. The molecule has 3 aliphatic rings. The molecule has 3 atom stereocenters. The molecule has 2 saturated heterocycles. The lowest BCUT2D eigenvalue weighted by molar-refractivity contribution is -0.180. The average Bonchev–Trinajstić information content (AvgIpc) is 2.31. The van der Waals surface area contributed by atoms with Gasteiger partial charge in [0.25, 0.3) is 0 Å². The zero-order valence-electron chi connectivity index (χ0n) is 9.78. The van der Waals surface area contributed by atoms with E-state index >= 15 is 0 Å². The number of halogens is 3. The lowest BCUT2D eigenvalue weighted by atomic mass is 9.83. The van der Waals surface area contributed by atoms with Crippen molar-refractivity contribution in [2.45, 2.75) is 18.6 Å². The van der Waals surface area contributed by atoms with Crippen molar-refractivity contribution in [2.24, 2.45) is 11.8 Å². The largest absolute Gasteiger partial charge is 0.396 e. The summed E-state index contributed by atoms with van der Waals surface area (Å²) in [5, 5.41) is 2.45. The highest BCUT2D eigenvalue weighted by Gasteiger charge is 2.53. The fraction of sp³-hybridized carbons (Fsp3) is 0.500. The number of hydrogen-bond acceptors (Lipinski definition) is 2. The Hall–Kier alpha value is -1.79. The Morgan fingerprint density at radius 3 is 2.63 bits per heavy atom. The normalized spacial score (nSPS) is 33.7. The van der Waals surface area contributed by atoms with Crippen molar-refractivity contribution in [1.82, 2.24) is 10.2 Å². The smallest absolute Gasteiger partial charge is 0.330 e. The zero-order valence-corrected chi connectivity index (χ0v) is 9.78. The van der Waals surface area contributed by atoms with E-state index in [2.05, 4.69) is 5.32 Å². The number of allylic oxidation sites excluding steroid dienone is 3. The van der Waals surface area contributed by atoms with Gasteiger partial charge >= 0.3 is 6.18 Å². The van der Waals surface area contributed by atoms with Crippen LogP contribution >= 0.6 is 0 Å². The predicted molar refractivity (Wildman–Crippen MR) is 58.5 cm³/mol. The number of carbonyl (C=O) groups excluding carboxylic acids is 2. The third kappa shape index (κ3) is 1.75. The molecule has 0 radical (unpaired) electrons. The molecule has 7 heteroatoms. The van der Waals surface area contributed by atoms with Crippen molar-refractivity contribution in [3.05, 3.63) is 23.9 Å². The fourth-order valence-electron chi connectivity index (χ4n) is 2.72. The first-order valence-corrected chi connectivity index (χ1v) is 5.96. The third-order valence-electron chi connectivity index (χ3n) is 3.81.